The summed E-state index contributed by atoms with van der Waals surface area (Å²) in [6.45, 7) is 4.01. The van der Waals surface area contributed by atoms with Crippen LogP contribution in [0.25, 0.3) is 0 Å². The molecule has 2 N–H and O–H groups in total. The first kappa shape index (κ1) is 17.1. The molecule has 23 heavy (non-hydrogen) atoms. The van der Waals surface area contributed by atoms with Crippen molar-refractivity contribution in [1.29, 1.82) is 0 Å². The summed E-state index contributed by atoms with van der Waals surface area (Å²) in [5, 5.41) is 6.60. The van der Waals surface area contributed by atoms with Crippen molar-refractivity contribution in [3.05, 3.63) is 41.6 Å². The van der Waals surface area contributed by atoms with Crippen molar-refractivity contribution in [1.82, 2.24) is 4.98 Å². The number of rotatable bonds is 6. The molecule has 0 aliphatic heterocycles. The largest absolute Gasteiger partial charge is 0.494 e. The maximum Gasteiger partial charge on any atom is 0.224 e. The monoisotopic (exact) mass is 333 g/mol. The summed E-state index contributed by atoms with van der Waals surface area (Å²) in [5.74, 6) is 1.53. The Morgan fingerprint density at radius 3 is 2.70 bits per heavy atom. The molecule has 5 nitrogen and oxygen atoms in total. The molecule has 0 unspecified atom stereocenters. The quantitative estimate of drug-likeness (QED) is 0.818. The fraction of sp³-hybridized carbons (Fsp3) is 0.294. The van der Waals surface area contributed by atoms with Gasteiger partial charge in [-0.2, -0.15) is 0 Å². The average Bonchev–Trinajstić information content (AvgIpc) is 2.50. The average molecular weight is 334 g/mol. The number of pyridine rings is 1. The van der Waals surface area contributed by atoms with E-state index in [4.69, 9.17) is 16.3 Å². The van der Waals surface area contributed by atoms with E-state index in [2.05, 4.69) is 15.6 Å². The topological polar surface area (TPSA) is 63.2 Å². The standard InChI is InChI=1S/C17H20ClN3O2/c1-11(2)8-17(22)21-14-6-5-13(9-15(14)23-3)20-16-7-4-12(18)10-19-16/h4-7,9-11H,8H2,1-3H3,(H,19,20)(H,21,22). The number of hydrogen-bond acceptors (Lipinski definition) is 4. The van der Waals surface area contributed by atoms with Gasteiger partial charge in [0.2, 0.25) is 5.91 Å². The van der Waals surface area contributed by atoms with Crippen LogP contribution >= 0.6 is 11.6 Å². The number of benzene rings is 1. The highest BCUT2D eigenvalue weighted by atomic mass is 35.5. The van der Waals surface area contributed by atoms with Gasteiger partial charge < -0.3 is 15.4 Å². The maximum absolute atomic E-state index is 11.9. The lowest BCUT2D eigenvalue weighted by molar-refractivity contribution is -0.116. The lowest BCUT2D eigenvalue weighted by Crippen LogP contribution is -2.14. The van der Waals surface area contributed by atoms with E-state index in [9.17, 15) is 4.79 Å². The number of nitrogens with one attached hydrogen (secondary N) is 2. The molecule has 1 aromatic heterocycles. The molecule has 0 bridgehead atoms. The number of ether oxygens (including phenoxy) is 1. The SMILES string of the molecule is COc1cc(Nc2ccc(Cl)cn2)ccc1NC(=O)CC(C)C. The number of amides is 1. The highest BCUT2D eigenvalue weighted by Gasteiger charge is 2.10. The maximum atomic E-state index is 11.9. The number of carbonyl (C=O) groups excluding carboxylic acids is 1. The molecule has 0 spiro atoms. The minimum Gasteiger partial charge on any atom is -0.494 e. The van der Waals surface area contributed by atoms with Gasteiger partial charge in [0.1, 0.15) is 11.6 Å². The molecule has 0 radical (unpaired) electrons. The summed E-state index contributed by atoms with van der Waals surface area (Å²) in [6, 6.07) is 9.00. The van der Waals surface area contributed by atoms with Crippen LogP contribution in [0.5, 0.6) is 5.75 Å². The van der Waals surface area contributed by atoms with Crippen LogP contribution in [-0.4, -0.2) is 18.0 Å². The van der Waals surface area contributed by atoms with Gasteiger partial charge >= 0.3 is 0 Å². The Kier molecular flexibility index (Phi) is 5.82. The van der Waals surface area contributed by atoms with Gasteiger partial charge in [0.15, 0.2) is 0 Å². The third kappa shape index (κ3) is 5.14. The highest BCUT2D eigenvalue weighted by molar-refractivity contribution is 6.30. The molecule has 0 atom stereocenters. The first-order valence-corrected chi connectivity index (χ1v) is 7.72. The Hall–Kier alpha value is -2.27. The summed E-state index contributed by atoms with van der Waals surface area (Å²) in [4.78, 5) is 16.1. The molecule has 1 amide bonds. The van der Waals surface area contributed by atoms with Crippen molar-refractivity contribution >= 4 is 34.7 Å². The molecular weight excluding hydrogens is 314 g/mol. The third-order valence-corrected chi connectivity index (χ3v) is 3.29. The van der Waals surface area contributed by atoms with Crippen LogP contribution in [0.15, 0.2) is 36.5 Å². The van der Waals surface area contributed by atoms with Crippen LogP contribution in [0.1, 0.15) is 20.3 Å². The Labute approximate surface area is 141 Å². The lowest BCUT2D eigenvalue weighted by atomic mass is 10.1. The van der Waals surface area contributed by atoms with E-state index >= 15 is 0 Å². The van der Waals surface area contributed by atoms with E-state index in [-0.39, 0.29) is 5.91 Å². The second-order valence-corrected chi connectivity index (χ2v) is 5.98. The third-order valence-electron chi connectivity index (χ3n) is 3.07. The van der Waals surface area contributed by atoms with Gasteiger partial charge in [0.25, 0.3) is 0 Å². The van der Waals surface area contributed by atoms with Gasteiger partial charge in [0.05, 0.1) is 17.8 Å². The van der Waals surface area contributed by atoms with Gasteiger partial charge in [0, 0.05) is 24.4 Å². The minimum atomic E-state index is -0.0293. The predicted molar refractivity (Wildman–Crippen MR) is 93.6 cm³/mol. The van der Waals surface area contributed by atoms with E-state index in [1.165, 1.54) is 0 Å². The fourth-order valence-corrected chi connectivity index (χ4v) is 2.15. The van der Waals surface area contributed by atoms with Gasteiger partial charge in [-0.3, -0.25) is 4.79 Å². The molecule has 2 aromatic rings. The van der Waals surface area contributed by atoms with Crippen molar-refractivity contribution in [3.8, 4) is 5.75 Å². The number of anilines is 3. The van der Waals surface area contributed by atoms with Gasteiger partial charge in [-0.1, -0.05) is 25.4 Å². The van der Waals surface area contributed by atoms with E-state index in [1.807, 2.05) is 19.9 Å². The van der Waals surface area contributed by atoms with Crippen LogP contribution in [0.3, 0.4) is 0 Å². The summed E-state index contributed by atoms with van der Waals surface area (Å²) in [5.41, 5.74) is 1.45. The van der Waals surface area contributed by atoms with Crippen molar-refractivity contribution in [2.45, 2.75) is 20.3 Å². The highest BCUT2D eigenvalue weighted by Crippen LogP contribution is 2.29. The second-order valence-electron chi connectivity index (χ2n) is 5.55. The molecule has 2 rings (SSSR count). The van der Waals surface area contributed by atoms with E-state index in [0.29, 0.717) is 34.6 Å². The van der Waals surface area contributed by atoms with Gasteiger partial charge in [-0.15, -0.1) is 0 Å². The molecule has 0 fully saturated rings. The number of hydrogen-bond donors (Lipinski definition) is 2. The number of carbonyl (C=O) groups is 1. The Morgan fingerprint density at radius 2 is 2.09 bits per heavy atom. The Morgan fingerprint density at radius 1 is 1.30 bits per heavy atom. The zero-order valence-electron chi connectivity index (χ0n) is 13.4. The summed E-state index contributed by atoms with van der Waals surface area (Å²) in [6.07, 6.45) is 2.04. The first-order chi connectivity index (χ1) is 11.0. The fourth-order valence-electron chi connectivity index (χ4n) is 2.04. The van der Waals surface area contributed by atoms with Crippen molar-refractivity contribution < 1.29 is 9.53 Å². The van der Waals surface area contributed by atoms with Crippen LogP contribution in [-0.2, 0) is 4.79 Å². The molecule has 0 aliphatic carbocycles. The molecule has 1 aromatic carbocycles. The van der Waals surface area contributed by atoms with Crippen LogP contribution in [0.2, 0.25) is 5.02 Å². The molecular formula is C17H20ClN3O2. The molecule has 0 aliphatic rings. The number of methoxy groups -OCH3 is 1. The summed E-state index contributed by atoms with van der Waals surface area (Å²) >= 11 is 5.82. The Bertz CT molecular complexity index is 672. The Balaban J connectivity index is 2.12. The summed E-state index contributed by atoms with van der Waals surface area (Å²) < 4.78 is 5.35. The molecule has 1 heterocycles. The van der Waals surface area contributed by atoms with Crippen LogP contribution in [0, 0.1) is 5.92 Å². The zero-order chi connectivity index (χ0) is 16.8. The summed E-state index contributed by atoms with van der Waals surface area (Å²) in [7, 11) is 1.57. The van der Waals surface area contributed by atoms with E-state index in [1.54, 1.807) is 37.6 Å². The number of aromatic nitrogens is 1. The minimum absolute atomic E-state index is 0.0293. The second kappa shape index (κ2) is 7.83. The number of halogens is 1. The lowest BCUT2D eigenvalue weighted by Gasteiger charge is -2.13. The number of nitrogens with zero attached hydrogens (tertiary/aromatic N) is 1. The smallest absolute Gasteiger partial charge is 0.224 e. The van der Waals surface area contributed by atoms with Crippen molar-refractivity contribution in [2.75, 3.05) is 17.7 Å². The molecule has 122 valence electrons. The van der Waals surface area contributed by atoms with Gasteiger partial charge in [-0.25, -0.2) is 4.98 Å². The van der Waals surface area contributed by atoms with Crippen molar-refractivity contribution in [3.63, 3.8) is 0 Å². The normalized spacial score (nSPS) is 10.5. The molecule has 6 heteroatoms. The van der Waals surface area contributed by atoms with E-state index < -0.39 is 0 Å². The van der Waals surface area contributed by atoms with Gasteiger partial charge in [-0.05, 0) is 30.2 Å². The first-order valence-electron chi connectivity index (χ1n) is 7.34. The van der Waals surface area contributed by atoms with Crippen LogP contribution < -0.4 is 15.4 Å². The molecule has 0 saturated carbocycles. The van der Waals surface area contributed by atoms with E-state index in [0.717, 1.165) is 5.69 Å². The van der Waals surface area contributed by atoms with Crippen LogP contribution in [0.4, 0.5) is 17.2 Å². The predicted octanol–water partition coefficient (Wildman–Crippen LogP) is 4.47. The van der Waals surface area contributed by atoms with Crippen molar-refractivity contribution in [2.24, 2.45) is 5.92 Å². The molecule has 0 saturated heterocycles. The zero-order valence-corrected chi connectivity index (χ0v) is 14.1.